The summed E-state index contributed by atoms with van der Waals surface area (Å²) in [4.78, 5) is 0. The van der Waals surface area contributed by atoms with Gasteiger partial charge >= 0.3 is 0 Å². The van der Waals surface area contributed by atoms with E-state index in [1.807, 2.05) is 11.8 Å². The Morgan fingerprint density at radius 2 is 2.05 bits per heavy atom. The highest BCUT2D eigenvalue weighted by atomic mass is 32.2. The van der Waals surface area contributed by atoms with E-state index in [-0.39, 0.29) is 11.4 Å². The normalized spacial score (nSPS) is 11.7. The van der Waals surface area contributed by atoms with Gasteiger partial charge in [-0.1, -0.05) is 6.92 Å². The molecule has 1 aromatic carbocycles. The van der Waals surface area contributed by atoms with Crippen LogP contribution in [-0.4, -0.2) is 23.7 Å². The Morgan fingerprint density at radius 1 is 1.30 bits per heavy atom. The van der Waals surface area contributed by atoms with Crippen molar-refractivity contribution in [2.75, 3.05) is 18.1 Å². The van der Waals surface area contributed by atoms with Gasteiger partial charge < -0.3 is 10.1 Å². The Labute approximate surface area is 126 Å². The number of rotatable bonds is 8. The molecule has 0 heterocycles. The van der Waals surface area contributed by atoms with Crippen LogP contribution in [0.2, 0.25) is 0 Å². The smallest absolute Gasteiger partial charge is 0.123 e. The van der Waals surface area contributed by atoms with Crippen molar-refractivity contribution in [3.8, 4) is 5.75 Å². The van der Waals surface area contributed by atoms with E-state index in [1.54, 1.807) is 12.1 Å². The summed E-state index contributed by atoms with van der Waals surface area (Å²) in [6.45, 7) is 9.72. The van der Waals surface area contributed by atoms with E-state index >= 15 is 0 Å². The molecule has 1 aromatic rings. The van der Waals surface area contributed by atoms with Crippen LogP contribution in [-0.2, 0) is 6.54 Å². The van der Waals surface area contributed by atoms with E-state index < -0.39 is 0 Å². The molecule has 0 saturated carbocycles. The van der Waals surface area contributed by atoms with Gasteiger partial charge in [-0.15, -0.1) is 0 Å². The summed E-state index contributed by atoms with van der Waals surface area (Å²) in [5.41, 5.74) is 0.879. The highest BCUT2D eigenvalue weighted by molar-refractivity contribution is 7.99. The summed E-state index contributed by atoms with van der Waals surface area (Å²) in [6.07, 6.45) is 1.02. The van der Waals surface area contributed by atoms with Crippen LogP contribution in [0.1, 0.15) is 39.7 Å². The fourth-order valence-electron chi connectivity index (χ4n) is 1.67. The van der Waals surface area contributed by atoms with Gasteiger partial charge in [0.2, 0.25) is 0 Å². The van der Waals surface area contributed by atoms with Gasteiger partial charge in [0.05, 0.1) is 6.61 Å². The summed E-state index contributed by atoms with van der Waals surface area (Å²) in [7, 11) is 0. The first kappa shape index (κ1) is 17.3. The van der Waals surface area contributed by atoms with Crippen LogP contribution in [0.4, 0.5) is 4.39 Å². The van der Waals surface area contributed by atoms with Gasteiger partial charge in [-0.3, -0.25) is 0 Å². The molecule has 0 aliphatic carbocycles. The summed E-state index contributed by atoms with van der Waals surface area (Å²) in [5, 5.41) is 3.37. The lowest BCUT2D eigenvalue weighted by Gasteiger charge is -2.21. The first-order valence-electron chi connectivity index (χ1n) is 7.16. The van der Waals surface area contributed by atoms with E-state index in [9.17, 15) is 4.39 Å². The first-order chi connectivity index (χ1) is 9.42. The predicted octanol–water partition coefficient (Wildman–Crippen LogP) is 4.24. The van der Waals surface area contributed by atoms with Crippen molar-refractivity contribution in [1.82, 2.24) is 5.32 Å². The summed E-state index contributed by atoms with van der Waals surface area (Å²) >= 11 is 1.91. The molecule has 0 radical (unpaired) electrons. The van der Waals surface area contributed by atoms with Gasteiger partial charge in [0, 0.05) is 17.6 Å². The lowest BCUT2D eigenvalue weighted by atomic mass is 10.1. The number of ether oxygens (including phenoxy) is 1. The van der Waals surface area contributed by atoms with Gasteiger partial charge in [-0.05, 0) is 56.9 Å². The third-order valence-corrected chi connectivity index (χ3v) is 3.71. The molecule has 2 nitrogen and oxygen atoms in total. The van der Waals surface area contributed by atoms with E-state index in [0.29, 0.717) is 13.2 Å². The van der Waals surface area contributed by atoms with Gasteiger partial charge in [0.15, 0.2) is 0 Å². The summed E-state index contributed by atoms with van der Waals surface area (Å²) in [6, 6.07) is 4.73. The fourth-order valence-corrected chi connectivity index (χ4v) is 2.29. The van der Waals surface area contributed by atoms with Crippen LogP contribution < -0.4 is 10.1 Å². The molecule has 20 heavy (non-hydrogen) atoms. The number of hydrogen-bond acceptors (Lipinski definition) is 3. The Hall–Kier alpha value is -0.740. The Morgan fingerprint density at radius 3 is 2.70 bits per heavy atom. The van der Waals surface area contributed by atoms with Crippen molar-refractivity contribution >= 4 is 11.8 Å². The average Bonchev–Trinajstić information content (AvgIpc) is 2.37. The summed E-state index contributed by atoms with van der Waals surface area (Å²) in [5.74, 6) is 2.80. The van der Waals surface area contributed by atoms with Crippen molar-refractivity contribution in [3.63, 3.8) is 0 Å². The topological polar surface area (TPSA) is 21.3 Å². The maximum Gasteiger partial charge on any atom is 0.123 e. The van der Waals surface area contributed by atoms with Gasteiger partial charge in [0.1, 0.15) is 11.6 Å². The molecule has 0 aromatic heterocycles. The molecule has 0 aliphatic rings. The number of hydrogen-bond donors (Lipinski definition) is 1. The second-order valence-electron chi connectivity index (χ2n) is 5.75. The number of nitrogens with one attached hydrogen (secondary N) is 1. The van der Waals surface area contributed by atoms with Gasteiger partial charge in [0.25, 0.3) is 0 Å². The molecule has 0 amide bonds. The van der Waals surface area contributed by atoms with Crippen LogP contribution in [0.5, 0.6) is 5.75 Å². The van der Waals surface area contributed by atoms with Crippen LogP contribution >= 0.6 is 11.8 Å². The van der Waals surface area contributed by atoms with Crippen molar-refractivity contribution in [2.24, 2.45) is 0 Å². The lowest BCUT2D eigenvalue weighted by Crippen LogP contribution is -2.35. The monoisotopic (exact) mass is 299 g/mol. The van der Waals surface area contributed by atoms with Crippen LogP contribution in [0.3, 0.4) is 0 Å². The predicted molar refractivity (Wildman–Crippen MR) is 86.1 cm³/mol. The molecule has 0 aliphatic heterocycles. The minimum atomic E-state index is -0.218. The molecule has 0 atom stereocenters. The third-order valence-electron chi connectivity index (χ3n) is 2.73. The van der Waals surface area contributed by atoms with E-state index in [1.165, 1.54) is 6.07 Å². The molecule has 0 unspecified atom stereocenters. The van der Waals surface area contributed by atoms with Gasteiger partial charge in [-0.2, -0.15) is 11.8 Å². The zero-order valence-electron chi connectivity index (χ0n) is 13.0. The Balaban J connectivity index is 2.56. The van der Waals surface area contributed by atoms with E-state index in [4.69, 9.17) is 4.74 Å². The molecular formula is C16H26FNOS. The second-order valence-corrected chi connectivity index (χ2v) is 7.15. The first-order valence-corrected chi connectivity index (χ1v) is 8.32. The minimum Gasteiger partial charge on any atom is -0.493 e. The molecule has 114 valence electrons. The second kappa shape index (κ2) is 8.53. The van der Waals surface area contributed by atoms with Gasteiger partial charge in [-0.25, -0.2) is 4.39 Å². The average molecular weight is 299 g/mol. The fraction of sp³-hybridized carbons (Fsp3) is 0.625. The quantitative estimate of drug-likeness (QED) is 0.726. The Bertz CT molecular complexity index is 404. The van der Waals surface area contributed by atoms with Crippen LogP contribution in [0.15, 0.2) is 18.2 Å². The molecule has 1 N–H and O–H groups in total. The van der Waals surface area contributed by atoms with Crippen molar-refractivity contribution in [2.45, 2.75) is 46.2 Å². The van der Waals surface area contributed by atoms with Crippen LogP contribution in [0.25, 0.3) is 0 Å². The zero-order valence-corrected chi connectivity index (χ0v) is 13.8. The maximum absolute atomic E-state index is 13.4. The standard InChI is InChI=1S/C16H26FNOS/c1-5-20-10-6-9-19-15-8-7-14(17)11-13(15)12-18-16(2,3)4/h7-8,11,18H,5-6,9-10,12H2,1-4H3. The maximum atomic E-state index is 13.4. The van der Waals surface area contributed by atoms with Crippen molar-refractivity contribution in [1.29, 1.82) is 0 Å². The SMILES string of the molecule is CCSCCCOc1ccc(F)cc1CNC(C)(C)C. The minimum absolute atomic E-state index is 0.00134. The number of benzene rings is 1. The number of halogens is 1. The Kier molecular flexibility index (Phi) is 7.38. The molecule has 0 saturated heterocycles. The molecule has 0 fully saturated rings. The third kappa shape index (κ3) is 7.15. The van der Waals surface area contributed by atoms with E-state index in [0.717, 1.165) is 29.2 Å². The zero-order chi connectivity index (χ0) is 15.0. The highest BCUT2D eigenvalue weighted by Gasteiger charge is 2.11. The highest BCUT2D eigenvalue weighted by Crippen LogP contribution is 2.21. The van der Waals surface area contributed by atoms with Crippen molar-refractivity contribution in [3.05, 3.63) is 29.6 Å². The number of thioether (sulfide) groups is 1. The largest absolute Gasteiger partial charge is 0.493 e. The molecule has 4 heteroatoms. The lowest BCUT2D eigenvalue weighted by molar-refractivity contribution is 0.311. The van der Waals surface area contributed by atoms with Crippen LogP contribution in [0, 0.1) is 5.82 Å². The van der Waals surface area contributed by atoms with Crippen molar-refractivity contribution < 1.29 is 9.13 Å². The molecule has 0 spiro atoms. The molecular weight excluding hydrogens is 273 g/mol. The molecule has 0 bridgehead atoms. The summed E-state index contributed by atoms with van der Waals surface area (Å²) < 4.78 is 19.2. The van der Waals surface area contributed by atoms with E-state index in [2.05, 4.69) is 33.0 Å². The molecule has 1 rings (SSSR count).